The van der Waals surface area contributed by atoms with Crippen molar-refractivity contribution in [2.45, 2.75) is 0 Å². The summed E-state index contributed by atoms with van der Waals surface area (Å²) in [6.07, 6.45) is 5.19. The summed E-state index contributed by atoms with van der Waals surface area (Å²) in [5, 5.41) is 17.2. The van der Waals surface area contributed by atoms with E-state index >= 15 is 0 Å². The van der Waals surface area contributed by atoms with Crippen molar-refractivity contribution in [1.29, 1.82) is 0 Å². The number of aromatic nitrogens is 6. The molecule has 0 saturated carbocycles. The van der Waals surface area contributed by atoms with Gasteiger partial charge in [0.25, 0.3) is 5.91 Å². The average Bonchev–Trinajstić information content (AvgIpc) is 3.29. The molecule has 0 bridgehead atoms. The summed E-state index contributed by atoms with van der Waals surface area (Å²) in [6, 6.07) is 5.89. The zero-order valence-corrected chi connectivity index (χ0v) is 14.4. The summed E-state index contributed by atoms with van der Waals surface area (Å²) >= 11 is 0. The van der Waals surface area contributed by atoms with Crippen LogP contribution in [0.3, 0.4) is 0 Å². The van der Waals surface area contributed by atoms with Crippen LogP contribution in [0, 0.1) is 5.95 Å². The van der Waals surface area contributed by atoms with Crippen LogP contribution in [-0.2, 0) is 7.05 Å². The number of fused-ring (bicyclic) bond motifs is 1. The lowest BCUT2D eigenvalue weighted by molar-refractivity contribution is 0.0691. The third kappa shape index (κ3) is 2.74. The highest BCUT2D eigenvalue weighted by atomic mass is 19.1. The fourth-order valence-electron chi connectivity index (χ4n) is 2.81. The number of halogens is 1. The number of hydrogen-bond donors (Lipinski definition) is 1. The normalized spacial score (nSPS) is 10.9. The molecule has 4 aromatic heterocycles. The van der Waals surface area contributed by atoms with Crippen molar-refractivity contribution in [3.63, 3.8) is 0 Å². The predicted octanol–water partition coefficient (Wildman–Crippen LogP) is 1.67. The van der Waals surface area contributed by atoms with Crippen LogP contribution >= 0.6 is 0 Å². The molecule has 10 nitrogen and oxygen atoms in total. The molecule has 0 saturated heterocycles. The van der Waals surface area contributed by atoms with Gasteiger partial charge in [-0.2, -0.15) is 14.6 Å². The summed E-state index contributed by atoms with van der Waals surface area (Å²) < 4.78 is 17.1. The van der Waals surface area contributed by atoms with Gasteiger partial charge in [0.15, 0.2) is 5.65 Å². The fraction of sp³-hybridized carbons (Fsp3) is 0.0588. The van der Waals surface area contributed by atoms with Crippen LogP contribution in [0.5, 0.6) is 0 Å². The van der Waals surface area contributed by atoms with Crippen LogP contribution in [0.15, 0.2) is 49.2 Å². The molecule has 28 heavy (non-hydrogen) atoms. The van der Waals surface area contributed by atoms with E-state index in [-0.39, 0.29) is 22.6 Å². The molecule has 0 aromatic carbocycles. The van der Waals surface area contributed by atoms with Crippen LogP contribution in [0.1, 0.15) is 20.8 Å². The zero-order valence-electron chi connectivity index (χ0n) is 14.4. The summed E-state index contributed by atoms with van der Waals surface area (Å²) in [6.45, 7) is 0. The summed E-state index contributed by atoms with van der Waals surface area (Å²) in [7, 11) is 1.43. The van der Waals surface area contributed by atoms with Gasteiger partial charge in [0.05, 0.1) is 11.9 Å². The Bertz CT molecular complexity index is 1220. The molecule has 0 fully saturated rings. The third-order valence-corrected chi connectivity index (χ3v) is 4.08. The number of hydrogen-bond acceptors (Lipinski definition) is 6. The summed E-state index contributed by atoms with van der Waals surface area (Å²) in [5.74, 6) is -3.00. The maximum Gasteiger partial charge on any atom is 0.339 e. The molecule has 0 aliphatic rings. The van der Waals surface area contributed by atoms with Gasteiger partial charge in [-0.3, -0.25) is 14.4 Å². The Morgan fingerprint density at radius 1 is 1.21 bits per heavy atom. The third-order valence-electron chi connectivity index (χ3n) is 4.08. The van der Waals surface area contributed by atoms with Gasteiger partial charge in [0.2, 0.25) is 5.95 Å². The molecular weight excluding hydrogens is 369 g/mol. The van der Waals surface area contributed by atoms with Gasteiger partial charge in [-0.1, -0.05) is 0 Å². The molecule has 0 radical (unpaired) electrons. The monoisotopic (exact) mass is 381 g/mol. The topological polar surface area (TPSA) is 119 Å². The first kappa shape index (κ1) is 17.3. The van der Waals surface area contributed by atoms with Crippen molar-refractivity contribution in [3.8, 4) is 0 Å². The fourth-order valence-corrected chi connectivity index (χ4v) is 2.81. The zero-order chi connectivity index (χ0) is 19.8. The lowest BCUT2D eigenvalue weighted by Crippen LogP contribution is -2.30. The molecule has 0 spiro atoms. The van der Waals surface area contributed by atoms with Crippen molar-refractivity contribution in [1.82, 2.24) is 29.4 Å². The molecule has 0 atom stereocenters. The number of aryl methyl sites for hydroxylation is 1. The first-order valence-corrected chi connectivity index (χ1v) is 7.97. The van der Waals surface area contributed by atoms with E-state index in [0.29, 0.717) is 5.65 Å². The van der Waals surface area contributed by atoms with E-state index in [4.69, 9.17) is 0 Å². The Morgan fingerprint density at radius 2 is 2.04 bits per heavy atom. The molecule has 0 aliphatic heterocycles. The Labute approximate surface area is 156 Å². The Balaban J connectivity index is 1.93. The second-order valence-corrected chi connectivity index (χ2v) is 5.74. The first-order chi connectivity index (χ1) is 13.5. The number of carboxylic acid groups (broad SMARTS) is 1. The second-order valence-electron chi connectivity index (χ2n) is 5.74. The lowest BCUT2D eigenvalue weighted by atomic mass is 10.2. The van der Waals surface area contributed by atoms with Gasteiger partial charge in [-0.15, -0.1) is 0 Å². The number of nitrogens with zero attached hydrogens (tertiary/aromatic N) is 7. The number of aromatic carboxylic acids is 1. The standard InChI is InChI=1S/C17H12FN7O3/c1-23-14(11(8-21-23)17(27)28)16(26)25(12-3-2-5-19-15(12)18)10-4-6-24-13(7-10)20-9-22-24/h2-9H,1H3,(H,27,28). The van der Waals surface area contributed by atoms with Gasteiger partial charge >= 0.3 is 5.97 Å². The molecule has 4 aromatic rings. The Morgan fingerprint density at radius 3 is 2.79 bits per heavy atom. The number of carbonyl (C=O) groups excluding carboxylic acids is 1. The van der Waals surface area contributed by atoms with Gasteiger partial charge < -0.3 is 5.11 Å². The summed E-state index contributed by atoms with van der Waals surface area (Å²) in [5.41, 5.74) is 0.0225. The van der Waals surface area contributed by atoms with E-state index < -0.39 is 17.8 Å². The predicted molar refractivity (Wildman–Crippen MR) is 93.8 cm³/mol. The molecule has 1 N–H and O–H groups in total. The van der Waals surface area contributed by atoms with Crippen LogP contribution in [0.4, 0.5) is 15.8 Å². The van der Waals surface area contributed by atoms with E-state index in [1.807, 2.05) is 0 Å². The van der Waals surface area contributed by atoms with E-state index in [9.17, 15) is 19.1 Å². The van der Waals surface area contributed by atoms with E-state index in [1.54, 1.807) is 6.20 Å². The second kappa shape index (κ2) is 6.54. The number of carbonyl (C=O) groups is 2. The SMILES string of the molecule is Cn1ncc(C(=O)O)c1C(=O)N(c1ccn2ncnc2c1)c1cccnc1F. The molecule has 0 aliphatic carbocycles. The van der Waals surface area contributed by atoms with Gasteiger partial charge in [0.1, 0.15) is 23.3 Å². The maximum absolute atomic E-state index is 14.5. The van der Waals surface area contributed by atoms with Crippen LogP contribution in [-0.4, -0.2) is 46.3 Å². The first-order valence-electron chi connectivity index (χ1n) is 7.97. The van der Waals surface area contributed by atoms with Crippen LogP contribution in [0.25, 0.3) is 5.65 Å². The van der Waals surface area contributed by atoms with Crippen molar-refractivity contribution in [2.75, 3.05) is 4.90 Å². The number of pyridine rings is 2. The Hall–Kier alpha value is -4.15. The van der Waals surface area contributed by atoms with Crippen LogP contribution < -0.4 is 4.90 Å². The van der Waals surface area contributed by atoms with Crippen molar-refractivity contribution >= 4 is 28.9 Å². The van der Waals surface area contributed by atoms with E-state index in [1.165, 1.54) is 48.4 Å². The highest BCUT2D eigenvalue weighted by molar-refractivity contribution is 6.14. The minimum absolute atomic E-state index is 0.145. The highest BCUT2D eigenvalue weighted by Gasteiger charge is 2.30. The minimum Gasteiger partial charge on any atom is -0.478 e. The minimum atomic E-state index is -1.32. The number of rotatable bonds is 4. The molecule has 4 rings (SSSR count). The largest absolute Gasteiger partial charge is 0.478 e. The average molecular weight is 381 g/mol. The molecule has 140 valence electrons. The van der Waals surface area contributed by atoms with Crippen molar-refractivity contribution in [2.24, 2.45) is 7.05 Å². The molecule has 4 heterocycles. The molecule has 0 unspecified atom stereocenters. The molecule has 1 amide bonds. The van der Waals surface area contributed by atoms with Crippen molar-refractivity contribution < 1.29 is 19.1 Å². The van der Waals surface area contributed by atoms with E-state index in [0.717, 1.165) is 15.8 Å². The quantitative estimate of drug-likeness (QED) is 0.534. The highest BCUT2D eigenvalue weighted by Crippen LogP contribution is 2.30. The smallest absolute Gasteiger partial charge is 0.339 e. The Kier molecular flexibility index (Phi) is 4.03. The van der Waals surface area contributed by atoms with Gasteiger partial charge in [0, 0.05) is 25.5 Å². The maximum atomic E-state index is 14.5. The summed E-state index contributed by atoms with van der Waals surface area (Å²) in [4.78, 5) is 33.5. The van der Waals surface area contributed by atoms with E-state index in [2.05, 4.69) is 20.2 Å². The number of anilines is 2. The van der Waals surface area contributed by atoms with Gasteiger partial charge in [-0.25, -0.2) is 19.3 Å². The van der Waals surface area contributed by atoms with Crippen LogP contribution in [0.2, 0.25) is 0 Å². The van der Waals surface area contributed by atoms with Gasteiger partial charge in [-0.05, 0) is 18.2 Å². The number of carboxylic acids is 1. The molecule has 11 heteroatoms. The number of amides is 1. The van der Waals surface area contributed by atoms with Crippen molar-refractivity contribution in [3.05, 3.63) is 66.4 Å². The molecular formula is C17H12FN7O3. The lowest BCUT2D eigenvalue weighted by Gasteiger charge is -2.23.